The fourth-order valence-corrected chi connectivity index (χ4v) is 4.81. The van der Waals surface area contributed by atoms with Crippen molar-refractivity contribution in [3.8, 4) is 5.75 Å². The number of aryl methyl sites for hydroxylation is 1. The fraction of sp³-hybridized carbons (Fsp3) is 0.304. The van der Waals surface area contributed by atoms with Gasteiger partial charge in [-0.3, -0.25) is 9.59 Å². The zero-order valence-corrected chi connectivity index (χ0v) is 16.5. The highest BCUT2D eigenvalue weighted by Gasteiger charge is 2.53. The smallest absolute Gasteiger partial charge is 0.281 e. The van der Waals surface area contributed by atoms with Gasteiger partial charge in [-0.1, -0.05) is 18.2 Å². The molecule has 6 heteroatoms. The van der Waals surface area contributed by atoms with Crippen LogP contribution in [0.3, 0.4) is 0 Å². The highest BCUT2D eigenvalue weighted by Crippen LogP contribution is 2.47. The van der Waals surface area contributed by atoms with E-state index in [2.05, 4.69) is 10.3 Å². The monoisotopic (exact) mass is 389 g/mol. The summed E-state index contributed by atoms with van der Waals surface area (Å²) >= 11 is 0. The third-order valence-electron chi connectivity index (χ3n) is 6.41. The zero-order chi connectivity index (χ0) is 20.2. The van der Waals surface area contributed by atoms with Gasteiger partial charge in [0.1, 0.15) is 11.4 Å². The van der Waals surface area contributed by atoms with Crippen LogP contribution in [0.1, 0.15) is 34.5 Å². The molecule has 1 spiro atoms. The van der Waals surface area contributed by atoms with E-state index in [1.807, 2.05) is 49.4 Å². The van der Waals surface area contributed by atoms with E-state index in [-0.39, 0.29) is 11.8 Å². The molecule has 2 aliphatic rings. The number of aromatic amines is 1. The number of carbonyl (C=O) groups excluding carboxylic acids is 2. The maximum Gasteiger partial charge on any atom is 0.281 e. The molecule has 2 aromatic carbocycles. The lowest BCUT2D eigenvalue weighted by Gasteiger charge is -2.32. The van der Waals surface area contributed by atoms with Gasteiger partial charge in [0.15, 0.2) is 0 Å². The SMILES string of the molecule is COc1ccc2[nH]c(C(=O)N3C(=O)C4(CCNCC4)c4ccccc43)c(C)c2c1. The summed E-state index contributed by atoms with van der Waals surface area (Å²) in [7, 11) is 1.62. The molecule has 1 fully saturated rings. The van der Waals surface area contributed by atoms with Gasteiger partial charge in [-0.2, -0.15) is 0 Å². The summed E-state index contributed by atoms with van der Waals surface area (Å²) in [5.41, 5.74) is 3.18. The minimum atomic E-state index is -0.610. The largest absolute Gasteiger partial charge is 0.497 e. The van der Waals surface area contributed by atoms with Crippen molar-refractivity contribution in [3.05, 3.63) is 59.3 Å². The second kappa shape index (κ2) is 6.46. The van der Waals surface area contributed by atoms with Gasteiger partial charge in [-0.15, -0.1) is 0 Å². The number of methoxy groups -OCH3 is 1. The van der Waals surface area contributed by atoms with E-state index in [4.69, 9.17) is 4.74 Å². The lowest BCUT2D eigenvalue weighted by atomic mass is 9.74. The molecule has 0 saturated carbocycles. The molecule has 3 aromatic rings. The normalized spacial score (nSPS) is 17.7. The van der Waals surface area contributed by atoms with Crippen molar-refractivity contribution in [2.45, 2.75) is 25.2 Å². The molecule has 0 bridgehead atoms. The molecule has 29 heavy (non-hydrogen) atoms. The molecule has 2 amide bonds. The number of piperidine rings is 1. The minimum absolute atomic E-state index is 0.110. The van der Waals surface area contributed by atoms with Gasteiger partial charge < -0.3 is 15.0 Å². The first-order valence-electron chi connectivity index (χ1n) is 9.92. The topological polar surface area (TPSA) is 74.4 Å². The van der Waals surface area contributed by atoms with Gasteiger partial charge in [-0.25, -0.2) is 4.90 Å². The van der Waals surface area contributed by atoms with Crippen LogP contribution < -0.4 is 15.0 Å². The molecule has 6 nitrogen and oxygen atoms in total. The number of hydrogen-bond donors (Lipinski definition) is 2. The molecule has 1 saturated heterocycles. The number of ether oxygens (including phenoxy) is 1. The average Bonchev–Trinajstić information content (AvgIpc) is 3.21. The summed E-state index contributed by atoms with van der Waals surface area (Å²) < 4.78 is 5.32. The first-order chi connectivity index (χ1) is 14.1. The highest BCUT2D eigenvalue weighted by molar-refractivity contribution is 6.27. The van der Waals surface area contributed by atoms with E-state index >= 15 is 0 Å². The van der Waals surface area contributed by atoms with Crippen LogP contribution in [-0.2, 0) is 10.2 Å². The number of imide groups is 1. The Labute approximate surface area is 168 Å². The van der Waals surface area contributed by atoms with Crippen molar-refractivity contribution in [1.29, 1.82) is 0 Å². The molecule has 0 aliphatic carbocycles. The molecular formula is C23H23N3O3. The van der Waals surface area contributed by atoms with Crippen LogP contribution in [0.5, 0.6) is 5.75 Å². The molecule has 0 unspecified atom stereocenters. The fourth-order valence-electron chi connectivity index (χ4n) is 4.81. The maximum absolute atomic E-state index is 13.6. The Bertz CT molecular complexity index is 1140. The van der Waals surface area contributed by atoms with Gasteiger partial charge >= 0.3 is 0 Å². The number of nitrogens with zero attached hydrogens (tertiary/aromatic N) is 1. The predicted octanol–water partition coefficient (Wildman–Crippen LogP) is 3.29. The van der Waals surface area contributed by atoms with Crippen LogP contribution >= 0.6 is 0 Å². The van der Waals surface area contributed by atoms with Crippen molar-refractivity contribution < 1.29 is 14.3 Å². The van der Waals surface area contributed by atoms with E-state index in [9.17, 15) is 9.59 Å². The first kappa shape index (κ1) is 17.9. The highest BCUT2D eigenvalue weighted by atomic mass is 16.5. The van der Waals surface area contributed by atoms with Crippen LogP contribution in [0.2, 0.25) is 0 Å². The lowest BCUT2D eigenvalue weighted by molar-refractivity contribution is -0.123. The Kier molecular flexibility index (Phi) is 3.99. The van der Waals surface area contributed by atoms with Gasteiger partial charge in [0.2, 0.25) is 5.91 Å². The summed E-state index contributed by atoms with van der Waals surface area (Å²) in [5, 5.41) is 4.25. The van der Waals surface area contributed by atoms with Crippen molar-refractivity contribution >= 4 is 28.4 Å². The molecule has 2 N–H and O–H groups in total. The van der Waals surface area contributed by atoms with Crippen LogP contribution in [0.15, 0.2) is 42.5 Å². The number of hydrogen-bond acceptors (Lipinski definition) is 4. The second-order valence-corrected chi connectivity index (χ2v) is 7.83. The second-order valence-electron chi connectivity index (χ2n) is 7.83. The number of anilines is 1. The van der Waals surface area contributed by atoms with Crippen LogP contribution in [0.25, 0.3) is 10.9 Å². The first-order valence-corrected chi connectivity index (χ1v) is 9.92. The summed E-state index contributed by atoms with van der Waals surface area (Å²) in [6.45, 7) is 3.44. The molecule has 1 aromatic heterocycles. The molecular weight excluding hydrogens is 366 g/mol. The van der Waals surface area contributed by atoms with Crippen LogP contribution in [0.4, 0.5) is 5.69 Å². The molecule has 5 rings (SSSR count). The Hall–Kier alpha value is -3.12. The molecule has 148 valence electrons. The summed E-state index contributed by atoms with van der Waals surface area (Å²) in [6.07, 6.45) is 1.41. The van der Waals surface area contributed by atoms with Crippen LogP contribution in [-0.4, -0.2) is 37.0 Å². The number of amides is 2. The van der Waals surface area contributed by atoms with Crippen molar-refractivity contribution in [3.63, 3.8) is 0 Å². The van der Waals surface area contributed by atoms with Gasteiger partial charge in [0.05, 0.1) is 18.2 Å². The zero-order valence-electron chi connectivity index (χ0n) is 16.5. The van der Waals surface area contributed by atoms with Gasteiger partial charge in [-0.05, 0) is 68.2 Å². The number of nitrogens with one attached hydrogen (secondary N) is 2. The number of para-hydroxylation sites is 1. The number of H-pyrrole nitrogens is 1. The Morgan fingerprint density at radius 2 is 1.90 bits per heavy atom. The van der Waals surface area contributed by atoms with Gasteiger partial charge in [0.25, 0.3) is 5.91 Å². The summed E-state index contributed by atoms with van der Waals surface area (Å²) in [5.74, 6) is 0.321. The quantitative estimate of drug-likeness (QED) is 0.660. The molecule has 2 aliphatic heterocycles. The van der Waals surface area contributed by atoms with E-state index < -0.39 is 5.41 Å². The molecule has 0 radical (unpaired) electrons. The van der Waals surface area contributed by atoms with Crippen molar-refractivity contribution in [2.24, 2.45) is 0 Å². The summed E-state index contributed by atoms with van der Waals surface area (Å²) in [6, 6.07) is 13.4. The third-order valence-corrected chi connectivity index (χ3v) is 6.41. The van der Waals surface area contributed by atoms with Crippen molar-refractivity contribution in [1.82, 2.24) is 10.3 Å². The standard InChI is InChI=1S/C23H23N3O3/c1-14-16-13-15(29-2)7-8-18(16)25-20(14)21(27)26-19-6-4-3-5-17(19)23(22(26)28)9-11-24-12-10-23/h3-8,13,24-25H,9-12H2,1-2H3. The number of fused-ring (bicyclic) bond motifs is 3. The third kappa shape index (κ3) is 2.45. The minimum Gasteiger partial charge on any atom is -0.497 e. The number of aromatic nitrogens is 1. The van der Waals surface area contributed by atoms with E-state index in [1.54, 1.807) is 7.11 Å². The Balaban J connectivity index is 1.63. The van der Waals surface area contributed by atoms with E-state index in [1.165, 1.54) is 4.90 Å². The van der Waals surface area contributed by atoms with E-state index in [0.717, 1.165) is 40.9 Å². The van der Waals surface area contributed by atoms with Crippen molar-refractivity contribution in [2.75, 3.05) is 25.1 Å². The van der Waals surface area contributed by atoms with Crippen LogP contribution in [0, 0.1) is 6.92 Å². The number of carbonyl (C=O) groups is 2. The molecule has 3 heterocycles. The summed E-state index contributed by atoms with van der Waals surface area (Å²) in [4.78, 5) is 31.9. The number of benzene rings is 2. The average molecular weight is 389 g/mol. The Morgan fingerprint density at radius 1 is 1.14 bits per heavy atom. The molecule has 0 atom stereocenters. The van der Waals surface area contributed by atoms with E-state index in [0.29, 0.717) is 24.2 Å². The lowest BCUT2D eigenvalue weighted by Crippen LogP contribution is -2.48. The Morgan fingerprint density at radius 3 is 2.66 bits per heavy atom. The number of rotatable bonds is 2. The maximum atomic E-state index is 13.6. The predicted molar refractivity (Wildman–Crippen MR) is 112 cm³/mol. The van der Waals surface area contributed by atoms with Gasteiger partial charge in [0, 0.05) is 10.9 Å².